The third-order valence-electron chi connectivity index (χ3n) is 2.49. The molecule has 2 rings (SSSR count). The fraction of sp³-hybridized carbons (Fsp3) is 0.143. The van der Waals surface area contributed by atoms with E-state index in [4.69, 9.17) is 4.74 Å². The summed E-state index contributed by atoms with van der Waals surface area (Å²) < 4.78 is 17.7. The lowest BCUT2D eigenvalue weighted by molar-refractivity contribution is -0.115. The van der Waals surface area contributed by atoms with Crippen LogP contribution in [0.4, 0.5) is 10.2 Å². The number of pyridine rings is 1. The van der Waals surface area contributed by atoms with Gasteiger partial charge in [-0.1, -0.05) is 12.1 Å². The van der Waals surface area contributed by atoms with Crippen LogP contribution in [0.2, 0.25) is 0 Å². The van der Waals surface area contributed by atoms with Crippen molar-refractivity contribution < 1.29 is 13.9 Å². The van der Waals surface area contributed by atoms with Crippen molar-refractivity contribution in [2.75, 3.05) is 12.4 Å². The SMILES string of the molecule is COc1cccc(CC(=O)Nc2ccc(F)cn2)c1. The largest absolute Gasteiger partial charge is 0.497 e. The van der Waals surface area contributed by atoms with Crippen molar-refractivity contribution >= 4 is 11.7 Å². The van der Waals surface area contributed by atoms with E-state index in [9.17, 15) is 9.18 Å². The van der Waals surface area contributed by atoms with Crippen LogP contribution in [0.5, 0.6) is 5.75 Å². The lowest BCUT2D eigenvalue weighted by Gasteiger charge is -2.05. The van der Waals surface area contributed by atoms with E-state index in [1.807, 2.05) is 18.2 Å². The maximum atomic E-state index is 12.7. The zero-order valence-electron chi connectivity index (χ0n) is 10.4. The second-order valence-electron chi connectivity index (χ2n) is 3.94. The van der Waals surface area contributed by atoms with Gasteiger partial charge in [-0.25, -0.2) is 9.37 Å². The van der Waals surface area contributed by atoms with Crippen LogP contribution in [-0.4, -0.2) is 18.0 Å². The molecule has 0 saturated heterocycles. The standard InChI is InChI=1S/C14H13FN2O2/c1-19-12-4-2-3-10(7-12)8-14(18)17-13-6-5-11(15)9-16-13/h2-7,9H,8H2,1H3,(H,16,17,18). The van der Waals surface area contributed by atoms with Crippen LogP contribution in [0.1, 0.15) is 5.56 Å². The fourth-order valence-electron chi connectivity index (χ4n) is 1.60. The molecule has 0 fully saturated rings. The summed E-state index contributed by atoms with van der Waals surface area (Å²) in [5.74, 6) is 0.373. The van der Waals surface area contributed by atoms with Crippen LogP contribution in [0.3, 0.4) is 0 Å². The quantitative estimate of drug-likeness (QED) is 0.918. The van der Waals surface area contributed by atoms with Crippen molar-refractivity contribution in [3.05, 3.63) is 54.0 Å². The third kappa shape index (κ3) is 3.77. The van der Waals surface area contributed by atoms with Gasteiger partial charge in [-0.3, -0.25) is 4.79 Å². The summed E-state index contributed by atoms with van der Waals surface area (Å²) in [4.78, 5) is 15.5. The van der Waals surface area contributed by atoms with E-state index in [0.29, 0.717) is 11.6 Å². The Morgan fingerprint density at radius 2 is 2.21 bits per heavy atom. The van der Waals surface area contributed by atoms with Crippen LogP contribution < -0.4 is 10.1 Å². The lowest BCUT2D eigenvalue weighted by Crippen LogP contribution is -2.15. The van der Waals surface area contributed by atoms with Crippen LogP contribution in [0.25, 0.3) is 0 Å². The molecular formula is C14H13FN2O2. The Kier molecular flexibility index (Phi) is 4.07. The highest BCUT2D eigenvalue weighted by Crippen LogP contribution is 2.13. The number of nitrogens with zero attached hydrogens (tertiary/aromatic N) is 1. The van der Waals surface area contributed by atoms with Crippen molar-refractivity contribution in [1.82, 2.24) is 4.98 Å². The summed E-state index contributed by atoms with van der Waals surface area (Å²) in [5, 5.41) is 2.60. The fourth-order valence-corrected chi connectivity index (χ4v) is 1.60. The summed E-state index contributed by atoms with van der Waals surface area (Å²) in [6, 6.07) is 9.91. The average Bonchev–Trinajstić information content (AvgIpc) is 2.41. The van der Waals surface area contributed by atoms with Gasteiger partial charge in [0.2, 0.25) is 5.91 Å². The van der Waals surface area contributed by atoms with Gasteiger partial charge in [0.25, 0.3) is 0 Å². The molecule has 98 valence electrons. The Bertz CT molecular complexity index is 570. The van der Waals surface area contributed by atoms with Gasteiger partial charge < -0.3 is 10.1 Å². The Hall–Kier alpha value is -2.43. The number of nitrogens with one attached hydrogen (secondary N) is 1. The molecule has 0 saturated carbocycles. The number of amides is 1. The number of aromatic nitrogens is 1. The molecule has 1 N–H and O–H groups in total. The van der Waals surface area contributed by atoms with Gasteiger partial charge in [0.1, 0.15) is 17.4 Å². The molecule has 1 heterocycles. The highest BCUT2D eigenvalue weighted by Gasteiger charge is 2.06. The minimum Gasteiger partial charge on any atom is -0.497 e. The van der Waals surface area contributed by atoms with Gasteiger partial charge in [-0.15, -0.1) is 0 Å². The van der Waals surface area contributed by atoms with E-state index in [1.165, 1.54) is 12.1 Å². The Labute approximate surface area is 110 Å². The van der Waals surface area contributed by atoms with E-state index in [2.05, 4.69) is 10.3 Å². The summed E-state index contributed by atoms with van der Waals surface area (Å²) in [7, 11) is 1.57. The summed E-state index contributed by atoms with van der Waals surface area (Å²) in [6.45, 7) is 0. The number of halogens is 1. The molecule has 0 aliphatic heterocycles. The highest BCUT2D eigenvalue weighted by atomic mass is 19.1. The predicted octanol–water partition coefficient (Wildman–Crippen LogP) is 2.41. The molecule has 0 spiro atoms. The number of carbonyl (C=O) groups is 1. The molecule has 0 bridgehead atoms. The zero-order chi connectivity index (χ0) is 13.7. The minimum absolute atomic E-state index is 0.205. The first-order valence-electron chi connectivity index (χ1n) is 5.72. The zero-order valence-corrected chi connectivity index (χ0v) is 10.4. The molecule has 4 nitrogen and oxygen atoms in total. The highest BCUT2D eigenvalue weighted by molar-refractivity contribution is 5.91. The first-order chi connectivity index (χ1) is 9.17. The number of ether oxygens (including phenoxy) is 1. The molecule has 19 heavy (non-hydrogen) atoms. The number of rotatable bonds is 4. The first-order valence-corrected chi connectivity index (χ1v) is 5.72. The molecule has 0 radical (unpaired) electrons. The van der Waals surface area contributed by atoms with Gasteiger partial charge in [0, 0.05) is 0 Å². The molecule has 1 aromatic carbocycles. The van der Waals surface area contributed by atoms with Gasteiger partial charge in [0.05, 0.1) is 19.7 Å². The Morgan fingerprint density at radius 1 is 1.37 bits per heavy atom. The maximum Gasteiger partial charge on any atom is 0.229 e. The Morgan fingerprint density at radius 3 is 2.89 bits per heavy atom. The number of anilines is 1. The van der Waals surface area contributed by atoms with E-state index >= 15 is 0 Å². The molecule has 0 atom stereocenters. The van der Waals surface area contributed by atoms with E-state index in [-0.39, 0.29) is 12.3 Å². The summed E-state index contributed by atoms with van der Waals surface area (Å²) in [6.07, 6.45) is 1.26. The van der Waals surface area contributed by atoms with Crippen LogP contribution in [-0.2, 0) is 11.2 Å². The molecule has 1 amide bonds. The van der Waals surface area contributed by atoms with Gasteiger partial charge in [-0.2, -0.15) is 0 Å². The topological polar surface area (TPSA) is 51.2 Å². The molecule has 0 unspecified atom stereocenters. The predicted molar refractivity (Wildman–Crippen MR) is 69.5 cm³/mol. The van der Waals surface area contributed by atoms with Gasteiger partial charge in [-0.05, 0) is 29.8 Å². The maximum absolute atomic E-state index is 12.7. The monoisotopic (exact) mass is 260 g/mol. The minimum atomic E-state index is -0.439. The second-order valence-corrected chi connectivity index (χ2v) is 3.94. The average molecular weight is 260 g/mol. The molecule has 5 heteroatoms. The number of methoxy groups -OCH3 is 1. The first kappa shape index (κ1) is 13.0. The molecule has 0 aliphatic carbocycles. The van der Waals surface area contributed by atoms with Crippen molar-refractivity contribution in [1.29, 1.82) is 0 Å². The third-order valence-corrected chi connectivity index (χ3v) is 2.49. The van der Waals surface area contributed by atoms with Gasteiger partial charge in [0.15, 0.2) is 0 Å². The number of benzene rings is 1. The number of hydrogen-bond donors (Lipinski definition) is 1. The van der Waals surface area contributed by atoms with Crippen molar-refractivity contribution in [2.24, 2.45) is 0 Å². The van der Waals surface area contributed by atoms with E-state index in [1.54, 1.807) is 13.2 Å². The molecular weight excluding hydrogens is 247 g/mol. The molecule has 1 aromatic heterocycles. The van der Waals surface area contributed by atoms with E-state index in [0.717, 1.165) is 11.8 Å². The number of hydrogen-bond acceptors (Lipinski definition) is 3. The van der Waals surface area contributed by atoms with Crippen LogP contribution >= 0.6 is 0 Å². The summed E-state index contributed by atoms with van der Waals surface area (Å²) in [5.41, 5.74) is 0.832. The smallest absolute Gasteiger partial charge is 0.229 e. The van der Waals surface area contributed by atoms with Crippen molar-refractivity contribution in [3.8, 4) is 5.75 Å². The van der Waals surface area contributed by atoms with E-state index < -0.39 is 5.82 Å². The van der Waals surface area contributed by atoms with Crippen molar-refractivity contribution in [2.45, 2.75) is 6.42 Å². The number of carbonyl (C=O) groups excluding carboxylic acids is 1. The van der Waals surface area contributed by atoms with Crippen LogP contribution in [0, 0.1) is 5.82 Å². The van der Waals surface area contributed by atoms with Gasteiger partial charge >= 0.3 is 0 Å². The molecule has 2 aromatic rings. The lowest BCUT2D eigenvalue weighted by atomic mass is 10.1. The van der Waals surface area contributed by atoms with Crippen molar-refractivity contribution in [3.63, 3.8) is 0 Å². The second kappa shape index (κ2) is 5.95. The Balaban J connectivity index is 1.99. The summed E-state index contributed by atoms with van der Waals surface area (Å²) >= 11 is 0. The normalized spacial score (nSPS) is 10.0. The van der Waals surface area contributed by atoms with Crippen LogP contribution in [0.15, 0.2) is 42.6 Å². The molecule has 0 aliphatic rings.